The van der Waals surface area contributed by atoms with E-state index in [2.05, 4.69) is 9.88 Å². The molecule has 0 radical (unpaired) electrons. The molecule has 2 unspecified atom stereocenters. The molecule has 0 aromatic carbocycles. The number of aromatic nitrogens is 1. The quantitative estimate of drug-likeness (QED) is 0.821. The molecular weight excluding hydrogens is 242 g/mol. The zero-order chi connectivity index (χ0) is 12.6. The van der Waals surface area contributed by atoms with Crippen LogP contribution in [0.2, 0.25) is 0 Å². The average Bonchev–Trinajstić information content (AvgIpc) is 2.73. The number of aryl methyl sites for hydroxylation is 2. The van der Waals surface area contributed by atoms with Crippen LogP contribution in [0.5, 0.6) is 0 Å². The van der Waals surface area contributed by atoms with Crippen molar-refractivity contribution in [2.45, 2.75) is 50.1 Å². The third-order valence-electron chi connectivity index (χ3n) is 3.03. The van der Waals surface area contributed by atoms with Gasteiger partial charge in [0.2, 0.25) is 10.0 Å². The smallest absolute Gasteiger partial charge is 0.246 e. The molecule has 1 aromatic rings. The van der Waals surface area contributed by atoms with Gasteiger partial charge in [0, 0.05) is 12.1 Å². The van der Waals surface area contributed by atoms with Crippen molar-refractivity contribution < 1.29 is 12.9 Å². The van der Waals surface area contributed by atoms with Crippen LogP contribution in [0.3, 0.4) is 0 Å². The van der Waals surface area contributed by atoms with Crippen molar-refractivity contribution in [3.63, 3.8) is 0 Å². The number of sulfonamides is 1. The molecule has 0 saturated heterocycles. The largest absolute Gasteiger partial charge is 0.360 e. The van der Waals surface area contributed by atoms with E-state index < -0.39 is 10.0 Å². The topological polar surface area (TPSA) is 98.2 Å². The van der Waals surface area contributed by atoms with Crippen molar-refractivity contribution in [2.24, 2.45) is 5.73 Å². The van der Waals surface area contributed by atoms with Gasteiger partial charge in [-0.05, 0) is 33.1 Å². The molecule has 17 heavy (non-hydrogen) atoms. The van der Waals surface area contributed by atoms with Gasteiger partial charge in [0.05, 0.1) is 0 Å². The number of hydrogen-bond acceptors (Lipinski definition) is 5. The van der Waals surface area contributed by atoms with Gasteiger partial charge in [-0.1, -0.05) is 5.16 Å². The van der Waals surface area contributed by atoms with Crippen molar-refractivity contribution in [3.05, 3.63) is 11.5 Å². The fourth-order valence-electron chi connectivity index (χ4n) is 2.26. The van der Waals surface area contributed by atoms with Crippen molar-refractivity contribution in [1.29, 1.82) is 0 Å². The van der Waals surface area contributed by atoms with Crippen LogP contribution in [-0.2, 0) is 10.0 Å². The van der Waals surface area contributed by atoms with Crippen LogP contribution < -0.4 is 10.5 Å². The van der Waals surface area contributed by atoms with Gasteiger partial charge < -0.3 is 10.3 Å². The highest BCUT2D eigenvalue weighted by Gasteiger charge is 2.30. The number of nitrogens with zero attached hydrogens (tertiary/aromatic N) is 1. The highest BCUT2D eigenvalue weighted by molar-refractivity contribution is 7.89. The van der Waals surface area contributed by atoms with Crippen molar-refractivity contribution in [3.8, 4) is 0 Å². The highest BCUT2D eigenvalue weighted by Crippen LogP contribution is 2.23. The number of nitrogens with one attached hydrogen (secondary N) is 1. The van der Waals surface area contributed by atoms with Crippen molar-refractivity contribution >= 4 is 10.0 Å². The minimum absolute atomic E-state index is 0.0799. The molecule has 1 fully saturated rings. The third kappa shape index (κ3) is 2.51. The molecule has 0 amide bonds. The minimum Gasteiger partial charge on any atom is -0.360 e. The molecule has 0 spiro atoms. The Morgan fingerprint density at radius 1 is 1.41 bits per heavy atom. The van der Waals surface area contributed by atoms with Crippen LogP contribution in [0.15, 0.2) is 9.42 Å². The van der Waals surface area contributed by atoms with Crippen LogP contribution in [-0.4, -0.2) is 25.7 Å². The number of nitrogens with two attached hydrogens (primary N) is 1. The Balaban J connectivity index is 2.20. The maximum atomic E-state index is 12.1. The summed E-state index contributed by atoms with van der Waals surface area (Å²) in [5, 5.41) is 3.65. The second-order valence-corrected chi connectivity index (χ2v) is 6.20. The predicted molar refractivity (Wildman–Crippen MR) is 61.9 cm³/mol. The van der Waals surface area contributed by atoms with E-state index in [9.17, 15) is 8.42 Å². The first-order chi connectivity index (χ1) is 7.90. The van der Waals surface area contributed by atoms with Gasteiger partial charge in [0.25, 0.3) is 0 Å². The highest BCUT2D eigenvalue weighted by atomic mass is 32.2. The Morgan fingerprint density at radius 3 is 2.59 bits per heavy atom. The summed E-state index contributed by atoms with van der Waals surface area (Å²) >= 11 is 0. The molecule has 1 aliphatic carbocycles. The van der Waals surface area contributed by atoms with Gasteiger partial charge in [-0.15, -0.1) is 0 Å². The summed E-state index contributed by atoms with van der Waals surface area (Å²) in [5.74, 6) is 0.317. The predicted octanol–water partition coefficient (Wildman–Crippen LogP) is 0.450. The first-order valence-corrected chi connectivity index (χ1v) is 7.09. The molecule has 1 saturated carbocycles. The average molecular weight is 259 g/mol. The summed E-state index contributed by atoms with van der Waals surface area (Å²) in [6.45, 7) is 3.21. The number of hydrogen-bond donors (Lipinski definition) is 2. The lowest BCUT2D eigenvalue weighted by Gasteiger charge is -2.12. The Bertz CT molecular complexity index is 489. The van der Waals surface area contributed by atoms with E-state index >= 15 is 0 Å². The fraction of sp³-hybridized carbons (Fsp3) is 0.700. The van der Waals surface area contributed by atoms with Gasteiger partial charge in [0.1, 0.15) is 10.6 Å². The van der Waals surface area contributed by atoms with Gasteiger partial charge >= 0.3 is 0 Å². The summed E-state index contributed by atoms with van der Waals surface area (Å²) < 4.78 is 31.8. The lowest BCUT2D eigenvalue weighted by Crippen LogP contribution is -2.34. The van der Waals surface area contributed by atoms with Crippen LogP contribution >= 0.6 is 0 Å². The summed E-state index contributed by atoms with van der Waals surface area (Å²) in [4.78, 5) is 0.151. The Kier molecular flexibility index (Phi) is 3.24. The molecule has 0 aliphatic heterocycles. The van der Waals surface area contributed by atoms with Crippen molar-refractivity contribution in [1.82, 2.24) is 9.88 Å². The van der Waals surface area contributed by atoms with Crippen LogP contribution in [0.1, 0.15) is 30.7 Å². The summed E-state index contributed by atoms with van der Waals surface area (Å²) in [6.07, 6.45) is 2.32. The van der Waals surface area contributed by atoms with Crippen LogP contribution in [0, 0.1) is 13.8 Å². The minimum atomic E-state index is -3.55. The summed E-state index contributed by atoms with van der Waals surface area (Å²) in [7, 11) is -3.55. The molecule has 96 valence electrons. The molecule has 2 rings (SSSR count). The molecule has 6 nitrogen and oxygen atoms in total. The Labute approximate surface area is 101 Å². The first-order valence-electron chi connectivity index (χ1n) is 5.61. The standard InChI is InChI=1S/C10H17N3O3S/c1-6-10(7(2)16-12-6)17(14,15)13-9-4-3-8(11)5-9/h8-9,13H,3-5,11H2,1-2H3. The summed E-state index contributed by atoms with van der Waals surface area (Å²) in [6, 6.07) is 0.0102. The Hall–Kier alpha value is -0.920. The maximum absolute atomic E-state index is 12.1. The fourth-order valence-corrected chi connectivity index (χ4v) is 3.87. The molecule has 3 N–H and O–H groups in total. The normalized spacial score (nSPS) is 25.4. The van der Waals surface area contributed by atoms with E-state index in [1.807, 2.05) is 0 Å². The molecule has 1 heterocycles. The van der Waals surface area contributed by atoms with Crippen LogP contribution in [0.25, 0.3) is 0 Å². The first kappa shape index (κ1) is 12.5. The Morgan fingerprint density at radius 2 is 2.12 bits per heavy atom. The van der Waals surface area contributed by atoms with E-state index in [1.165, 1.54) is 0 Å². The van der Waals surface area contributed by atoms with Gasteiger partial charge in [0.15, 0.2) is 5.76 Å². The third-order valence-corrected chi connectivity index (χ3v) is 4.80. The molecule has 2 atom stereocenters. The van der Waals surface area contributed by atoms with Gasteiger partial charge in [-0.3, -0.25) is 0 Å². The molecular formula is C10H17N3O3S. The lowest BCUT2D eigenvalue weighted by atomic mass is 10.2. The molecule has 1 aromatic heterocycles. The van der Waals surface area contributed by atoms with E-state index in [1.54, 1.807) is 13.8 Å². The second kappa shape index (κ2) is 4.40. The van der Waals surface area contributed by atoms with Gasteiger partial charge in [-0.2, -0.15) is 0 Å². The second-order valence-electron chi connectivity index (χ2n) is 4.54. The molecule has 7 heteroatoms. The zero-order valence-corrected chi connectivity index (χ0v) is 10.8. The monoisotopic (exact) mass is 259 g/mol. The number of rotatable bonds is 3. The summed E-state index contributed by atoms with van der Waals surface area (Å²) in [5.41, 5.74) is 6.14. The maximum Gasteiger partial charge on any atom is 0.246 e. The van der Waals surface area contributed by atoms with E-state index in [0.29, 0.717) is 17.9 Å². The van der Waals surface area contributed by atoms with E-state index in [0.717, 1.165) is 12.8 Å². The van der Waals surface area contributed by atoms with E-state index in [-0.39, 0.29) is 17.0 Å². The van der Waals surface area contributed by atoms with Crippen molar-refractivity contribution in [2.75, 3.05) is 0 Å². The molecule has 1 aliphatic rings. The lowest BCUT2D eigenvalue weighted by molar-refractivity contribution is 0.390. The molecule has 0 bridgehead atoms. The van der Waals surface area contributed by atoms with E-state index in [4.69, 9.17) is 10.3 Å². The zero-order valence-electron chi connectivity index (χ0n) is 9.93. The SMILES string of the molecule is Cc1noc(C)c1S(=O)(=O)NC1CCC(N)C1. The van der Waals surface area contributed by atoms with Crippen LogP contribution in [0.4, 0.5) is 0 Å². The van der Waals surface area contributed by atoms with Gasteiger partial charge in [-0.25, -0.2) is 13.1 Å².